The molecule has 2 rings (SSSR count). The summed E-state index contributed by atoms with van der Waals surface area (Å²) >= 11 is 6.00. The van der Waals surface area contributed by atoms with Crippen molar-refractivity contribution in [3.8, 4) is 0 Å². The minimum atomic E-state index is -3.40. The third kappa shape index (κ3) is 2.45. The van der Waals surface area contributed by atoms with Gasteiger partial charge in [-0.2, -0.15) is 4.31 Å². The highest BCUT2D eigenvalue weighted by atomic mass is 32.2. The molecule has 1 aliphatic rings. The summed E-state index contributed by atoms with van der Waals surface area (Å²) in [6, 6.07) is 3.31. The molecular formula is C11H16N2O2S3. The molecule has 2 unspecified atom stereocenters. The maximum atomic E-state index is 12.5. The van der Waals surface area contributed by atoms with Gasteiger partial charge in [-0.25, -0.2) is 8.42 Å². The zero-order valence-corrected chi connectivity index (χ0v) is 12.7. The topological polar surface area (TPSA) is 63.4 Å². The van der Waals surface area contributed by atoms with Gasteiger partial charge >= 0.3 is 0 Å². The molecule has 0 amide bonds. The number of nitrogens with two attached hydrogens (primary N) is 1. The second-order valence-electron chi connectivity index (χ2n) is 4.75. The molecule has 0 bridgehead atoms. The van der Waals surface area contributed by atoms with Crippen molar-refractivity contribution in [2.24, 2.45) is 11.7 Å². The summed E-state index contributed by atoms with van der Waals surface area (Å²) in [4.78, 5) is 0.882. The van der Waals surface area contributed by atoms with Crippen molar-refractivity contribution in [3.63, 3.8) is 0 Å². The average Bonchev–Trinajstić information content (AvgIpc) is 2.85. The smallest absolute Gasteiger partial charge is 0.252 e. The zero-order chi connectivity index (χ0) is 13.5. The Bertz CT molecular complexity index is 565. The van der Waals surface area contributed by atoms with E-state index in [1.165, 1.54) is 0 Å². The molecule has 2 atom stereocenters. The van der Waals surface area contributed by atoms with E-state index in [1.54, 1.807) is 16.4 Å². The Balaban J connectivity index is 2.33. The van der Waals surface area contributed by atoms with Crippen LogP contribution in [0.4, 0.5) is 0 Å². The van der Waals surface area contributed by atoms with E-state index in [2.05, 4.69) is 6.92 Å². The Kier molecular flexibility index (Phi) is 3.77. The van der Waals surface area contributed by atoms with E-state index in [0.29, 0.717) is 21.5 Å². The van der Waals surface area contributed by atoms with Crippen LogP contribution in [0.3, 0.4) is 0 Å². The minimum Gasteiger partial charge on any atom is -0.389 e. The first kappa shape index (κ1) is 13.9. The van der Waals surface area contributed by atoms with Gasteiger partial charge in [0.25, 0.3) is 10.0 Å². The van der Waals surface area contributed by atoms with E-state index in [-0.39, 0.29) is 11.0 Å². The van der Waals surface area contributed by atoms with E-state index in [4.69, 9.17) is 18.0 Å². The molecule has 4 nitrogen and oxygen atoms in total. The third-order valence-electron chi connectivity index (χ3n) is 3.11. The predicted octanol–water partition coefficient (Wildman–Crippen LogP) is 1.80. The van der Waals surface area contributed by atoms with Crippen molar-refractivity contribution in [3.05, 3.63) is 17.0 Å². The van der Waals surface area contributed by atoms with Crippen molar-refractivity contribution in [1.82, 2.24) is 4.31 Å². The number of sulfonamides is 1. The number of thiophene rings is 1. The normalized spacial score (nSPS) is 25.4. The fourth-order valence-corrected chi connectivity index (χ4v) is 5.55. The van der Waals surface area contributed by atoms with E-state index in [9.17, 15) is 8.42 Å². The van der Waals surface area contributed by atoms with Crippen LogP contribution in [-0.2, 0) is 10.0 Å². The molecule has 7 heteroatoms. The first-order valence-electron chi connectivity index (χ1n) is 5.74. The van der Waals surface area contributed by atoms with Crippen molar-refractivity contribution in [1.29, 1.82) is 0 Å². The molecule has 1 aromatic rings. The molecule has 0 saturated carbocycles. The van der Waals surface area contributed by atoms with Gasteiger partial charge in [0.2, 0.25) is 0 Å². The number of hydrogen-bond acceptors (Lipinski definition) is 4. The molecule has 1 aromatic heterocycles. The van der Waals surface area contributed by atoms with Crippen LogP contribution in [0.2, 0.25) is 0 Å². The lowest BCUT2D eigenvalue weighted by Gasteiger charge is -2.19. The van der Waals surface area contributed by atoms with Crippen molar-refractivity contribution in [2.75, 3.05) is 6.54 Å². The number of thiocarbonyl (C=S) groups is 1. The maximum Gasteiger partial charge on any atom is 0.252 e. The van der Waals surface area contributed by atoms with Gasteiger partial charge in [-0.3, -0.25) is 0 Å². The molecular weight excluding hydrogens is 288 g/mol. The molecule has 1 aliphatic heterocycles. The first-order valence-corrected chi connectivity index (χ1v) is 8.40. The molecule has 2 heterocycles. The monoisotopic (exact) mass is 304 g/mol. The Morgan fingerprint density at radius 1 is 1.50 bits per heavy atom. The van der Waals surface area contributed by atoms with Crippen LogP contribution >= 0.6 is 23.6 Å². The lowest BCUT2D eigenvalue weighted by molar-refractivity contribution is 0.407. The molecule has 100 valence electrons. The van der Waals surface area contributed by atoms with Crippen molar-refractivity contribution < 1.29 is 8.42 Å². The molecule has 0 aromatic carbocycles. The van der Waals surface area contributed by atoms with Crippen LogP contribution < -0.4 is 5.73 Å². The quantitative estimate of drug-likeness (QED) is 0.865. The van der Waals surface area contributed by atoms with Crippen LogP contribution in [0.1, 0.15) is 25.1 Å². The molecule has 0 spiro atoms. The van der Waals surface area contributed by atoms with Gasteiger partial charge in [-0.1, -0.05) is 19.1 Å². The fraction of sp³-hybridized carbons (Fsp3) is 0.545. The van der Waals surface area contributed by atoms with Gasteiger partial charge in [0, 0.05) is 12.6 Å². The Morgan fingerprint density at radius 2 is 2.17 bits per heavy atom. The summed E-state index contributed by atoms with van der Waals surface area (Å²) in [5, 5.41) is 0. The lowest BCUT2D eigenvalue weighted by atomic mass is 10.1. The molecule has 0 aliphatic carbocycles. The number of nitrogens with zero attached hydrogens (tertiary/aromatic N) is 1. The van der Waals surface area contributed by atoms with Gasteiger partial charge in [-0.15, -0.1) is 11.3 Å². The van der Waals surface area contributed by atoms with E-state index in [0.717, 1.165) is 17.8 Å². The van der Waals surface area contributed by atoms with Gasteiger partial charge in [-0.05, 0) is 31.4 Å². The van der Waals surface area contributed by atoms with Crippen LogP contribution in [0.5, 0.6) is 0 Å². The summed E-state index contributed by atoms with van der Waals surface area (Å²) in [6.07, 6.45) is 0.909. The van der Waals surface area contributed by atoms with Crippen molar-refractivity contribution in [2.45, 2.75) is 30.5 Å². The molecule has 18 heavy (non-hydrogen) atoms. The summed E-state index contributed by atoms with van der Waals surface area (Å²) in [5.74, 6) is 0.407. The highest BCUT2D eigenvalue weighted by molar-refractivity contribution is 7.91. The Morgan fingerprint density at radius 3 is 2.61 bits per heavy atom. The second-order valence-corrected chi connectivity index (χ2v) is 8.39. The van der Waals surface area contributed by atoms with E-state index >= 15 is 0 Å². The standard InChI is InChI=1S/C11H16N2O2S3/c1-7-5-8(2)13(6-7)18(14,15)10-4-3-9(17-10)11(12)16/h3-4,7-8H,5-6H2,1-2H3,(H2,12,16). The van der Waals surface area contributed by atoms with Crippen LogP contribution in [0.15, 0.2) is 16.3 Å². The van der Waals surface area contributed by atoms with Gasteiger partial charge < -0.3 is 5.73 Å². The summed E-state index contributed by atoms with van der Waals surface area (Å²) in [5.41, 5.74) is 5.51. The summed E-state index contributed by atoms with van der Waals surface area (Å²) in [6.45, 7) is 4.60. The second kappa shape index (κ2) is 4.88. The van der Waals surface area contributed by atoms with E-state index < -0.39 is 10.0 Å². The SMILES string of the molecule is CC1CC(C)N(S(=O)(=O)c2ccc(C(N)=S)s2)C1. The average molecular weight is 304 g/mol. The number of rotatable bonds is 3. The maximum absolute atomic E-state index is 12.5. The minimum absolute atomic E-state index is 0.0559. The van der Waals surface area contributed by atoms with Gasteiger partial charge in [0.05, 0.1) is 4.88 Å². The molecule has 1 saturated heterocycles. The number of hydrogen-bond donors (Lipinski definition) is 1. The van der Waals surface area contributed by atoms with Gasteiger partial charge in [0.1, 0.15) is 9.20 Å². The highest BCUT2D eigenvalue weighted by Crippen LogP contribution is 2.32. The zero-order valence-electron chi connectivity index (χ0n) is 10.3. The lowest BCUT2D eigenvalue weighted by Crippen LogP contribution is -2.33. The summed E-state index contributed by atoms with van der Waals surface area (Å²) in [7, 11) is -3.40. The summed E-state index contributed by atoms with van der Waals surface area (Å²) < 4.78 is 26.9. The molecule has 1 fully saturated rings. The highest BCUT2D eigenvalue weighted by Gasteiger charge is 2.36. The molecule has 2 N–H and O–H groups in total. The molecule has 0 radical (unpaired) electrons. The van der Waals surface area contributed by atoms with Crippen LogP contribution in [-0.4, -0.2) is 30.3 Å². The first-order chi connectivity index (χ1) is 8.32. The fourth-order valence-electron chi connectivity index (χ4n) is 2.30. The Hall–Kier alpha value is -0.500. The third-order valence-corrected chi connectivity index (χ3v) is 7.03. The Labute approximate surface area is 117 Å². The van der Waals surface area contributed by atoms with Crippen molar-refractivity contribution >= 4 is 38.6 Å². The van der Waals surface area contributed by atoms with Crippen LogP contribution in [0.25, 0.3) is 0 Å². The van der Waals surface area contributed by atoms with Crippen LogP contribution in [0, 0.1) is 5.92 Å². The van der Waals surface area contributed by atoms with Gasteiger partial charge in [0.15, 0.2) is 0 Å². The predicted molar refractivity (Wildman–Crippen MR) is 77.3 cm³/mol. The largest absolute Gasteiger partial charge is 0.389 e. The van der Waals surface area contributed by atoms with E-state index in [1.807, 2.05) is 6.92 Å².